The summed E-state index contributed by atoms with van der Waals surface area (Å²) in [4.78, 5) is 29.1. The van der Waals surface area contributed by atoms with E-state index in [-0.39, 0.29) is 20.0 Å². The number of cyclic esters (lactones) is 2. The highest BCUT2D eigenvalue weighted by atomic mass is 16.7. The van der Waals surface area contributed by atoms with Crippen molar-refractivity contribution in [3.63, 3.8) is 0 Å². The molecule has 9 nitrogen and oxygen atoms in total. The number of rotatable bonds is 5. The van der Waals surface area contributed by atoms with Gasteiger partial charge >= 0.3 is 11.9 Å². The molecule has 0 radical (unpaired) electrons. The Morgan fingerprint density at radius 2 is 1.71 bits per heavy atom. The van der Waals surface area contributed by atoms with Gasteiger partial charge < -0.3 is 33.9 Å². The molecule has 38 heavy (non-hydrogen) atoms. The van der Waals surface area contributed by atoms with Gasteiger partial charge in [0.05, 0.1) is 18.4 Å². The summed E-state index contributed by atoms with van der Waals surface area (Å²) in [6, 6.07) is 22.9. The van der Waals surface area contributed by atoms with Crippen LogP contribution in [0.5, 0.6) is 17.2 Å². The zero-order valence-electron chi connectivity index (χ0n) is 20.5. The molecule has 1 N–H and O–H groups in total. The molecule has 0 aliphatic carbocycles. The van der Waals surface area contributed by atoms with Crippen LogP contribution in [-0.2, 0) is 19.1 Å². The lowest BCUT2D eigenvalue weighted by Gasteiger charge is -2.50. The number of methoxy groups -OCH3 is 1. The minimum Gasteiger partial charge on any atom is -0.493 e. The lowest BCUT2D eigenvalue weighted by atomic mass is 9.70. The van der Waals surface area contributed by atoms with Gasteiger partial charge in [-0.25, -0.2) is 4.79 Å². The molecule has 0 aromatic heterocycles. The molecule has 9 heteroatoms. The molecule has 3 aromatic rings. The minimum atomic E-state index is -1.05. The number of nitrogens with zero attached hydrogens (tertiary/aromatic N) is 1. The Morgan fingerprint density at radius 3 is 2.47 bits per heavy atom. The maximum atomic E-state index is 13.7. The van der Waals surface area contributed by atoms with Crippen LogP contribution in [0.1, 0.15) is 11.5 Å². The Morgan fingerprint density at radius 1 is 0.947 bits per heavy atom. The van der Waals surface area contributed by atoms with E-state index in [1.54, 1.807) is 13.2 Å². The Hall–Kier alpha value is -4.66. The van der Waals surface area contributed by atoms with Crippen LogP contribution in [0.4, 0.5) is 11.4 Å². The summed E-state index contributed by atoms with van der Waals surface area (Å²) < 4.78 is 28.3. The average molecular weight is 513 g/mol. The fraction of sp³-hybridized carbons (Fsp3) is 0.241. The van der Waals surface area contributed by atoms with E-state index in [9.17, 15) is 9.59 Å². The van der Waals surface area contributed by atoms with Gasteiger partial charge in [-0.2, -0.15) is 0 Å². The van der Waals surface area contributed by atoms with Crippen LogP contribution in [0.15, 0.2) is 84.1 Å². The Labute approximate surface area is 218 Å². The molecule has 7 rings (SSSR count). The molecule has 0 bridgehead atoms. The third kappa shape index (κ3) is 3.17. The normalized spacial score (nSPS) is 25.0. The second kappa shape index (κ2) is 8.44. The highest BCUT2D eigenvalue weighted by Crippen LogP contribution is 2.56. The number of fused-ring (bicyclic) bond motifs is 2. The molecule has 3 aromatic carbocycles. The van der Waals surface area contributed by atoms with Gasteiger partial charge in [0, 0.05) is 17.3 Å². The average Bonchev–Trinajstić information content (AvgIpc) is 3.66. The summed E-state index contributed by atoms with van der Waals surface area (Å²) >= 11 is 0. The summed E-state index contributed by atoms with van der Waals surface area (Å²) in [7, 11) is 1.54. The van der Waals surface area contributed by atoms with E-state index in [1.165, 1.54) is 0 Å². The van der Waals surface area contributed by atoms with Crippen LogP contribution in [0, 0.1) is 5.92 Å². The SMILES string of the molecule is COc1cc([C@@H]2C3=C(COC3=O)N(c3ccccc3)[C@]3(Nc4ccccc4)COC(=O)[C@H]23)cc2c1OCO2. The molecular formula is C29H24N2O7. The Kier molecular flexibility index (Phi) is 5.01. The van der Waals surface area contributed by atoms with E-state index in [1.807, 2.05) is 71.6 Å². The van der Waals surface area contributed by atoms with E-state index >= 15 is 0 Å². The molecule has 3 atom stereocenters. The van der Waals surface area contributed by atoms with Gasteiger partial charge in [-0.3, -0.25) is 4.79 Å². The van der Waals surface area contributed by atoms with E-state index in [0.717, 1.165) is 11.4 Å². The van der Waals surface area contributed by atoms with E-state index in [4.69, 9.17) is 23.7 Å². The monoisotopic (exact) mass is 512 g/mol. The quantitative estimate of drug-likeness (QED) is 0.512. The third-order valence-electron chi connectivity index (χ3n) is 7.58. The smallest absolute Gasteiger partial charge is 0.336 e. The summed E-state index contributed by atoms with van der Waals surface area (Å²) in [5.41, 5.74) is 2.35. The molecule has 4 heterocycles. The van der Waals surface area contributed by atoms with Crippen LogP contribution in [-0.4, -0.2) is 44.7 Å². The molecule has 4 aliphatic heterocycles. The standard InChI is InChI=1S/C29H24N2O7/c1-34-21-12-17(13-22-26(21)38-16-37-22)23-24-20(14-35-27(24)32)31(19-10-6-3-7-11-19)29(15-36-28(33)25(23)29)30-18-8-4-2-5-9-18/h2-13,23,25,30H,14-16H2,1H3/t23-,25+,29-/m1/s1. The predicted molar refractivity (Wildman–Crippen MR) is 136 cm³/mol. The molecule has 0 spiro atoms. The third-order valence-corrected chi connectivity index (χ3v) is 7.58. The van der Waals surface area contributed by atoms with Crippen molar-refractivity contribution in [1.29, 1.82) is 0 Å². The van der Waals surface area contributed by atoms with Gasteiger partial charge in [-0.05, 0) is 42.0 Å². The largest absolute Gasteiger partial charge is 0.493 e. The number of hydrogen-bond acceptors (Lipinski definition) is 9. The van der Waals surface area contributed by atoms with E-state index < -0.39 is 29.4 Å². The van der Waals surface area contributed by atoms with Crippen molar-refractivity contribution < 1.29 is 33.3 Å². The molecule has 4 aliphatic rings. The zero-order valence-corrected chi connectivity index (χ0v) is 20.5. The minimum absolute atomic E-state index is 0.0581. The number of para-hydroxylation sites is 2. The first-order valence-electron chi connectivity index (χ1n) is 12.3. The summed E-state index contributed by atoms with van der Waals surface area (Å²) in [5.74, 6) is -0.929. The van der Waals surface area contributed by atoms with Gasteiger partial charge in [0.15, 0.2) is 17.2 Å². The number of carbonyl (C=O) groups is 2. The maximum Gasteiger partial charge on any atom is 0.336 e. The lowest BCUT2D eigenvalue weighted by Crippen LogP contribution is -2.64. The highest BCUT2D eigenvalue weighted by molar-refractivity contribution is 5.99. The highest BCUT2D eigenvalue weighted by Gasteiger charge is 2.65. The van der Waals surface area contributed by atoms with Crippen molar-refractivity contribution in [3.8, 4) is 17.2 Å². The fourth-order valence-electron chi connectivity index (χ4n) is 6.07. The molecule has 0 unspecified atom stereocenters. The van der Waals surface area contributed by atoms with Gasteiger partial charge in [-0.1, -0.05) is 36.4 Å². The number of nitrogens with one attached hydrogen (secondary N) is 1. The lowest BCUT2D eigenvalue weighted by molar-refractivity contribution is -0.141. The number of carbonyl (C=O) groups excluding carboxylic acids is 2. The number of anilines is 2. The van der Waals surface area contributed by atoms with Gasteiger partial charge in [0.2, 0.25) is 12.5 Å². The maximum absolute atomic E-state index is 13.7. The first-order valence-corrected chi connectivity index (χ1v) is 12.3. The summed E-state index contributed by atoms with van der Waals surface area (Å²) in [6.45, 7) is 0.187. The topological polar surface area (TPSA) is 95.6 Å². The molecular weight excluding hydrogens is 488 g/mol. The van der Waals surface area contributed by atoms with Crippen molar-refractivity contribution in [1.82, 2.24) is 0 Å². The first kappa shape index (κ1) is 22.5. The van der Waals surface area contributed by atoms with Crippen molar-refractivity contribution >= 4 is 23.3 Å². The van der Waals surface area contributed by atoms with Crippen molar-refractivity contribution in [2.75, 3.05) is 37.3 Å². The van der Waals surface area contributed by atoms with Crippen LogP contribution in [0.25, 0.3) is 0 Å². The van der Waals surface area contributed by atoms with Crippen molar-refractivity contribution in [2.24, 2.45) is 5.92 Å². The number of ether oxygens (including phenoxy) is 5. The van der Waals surface area contributed by atoms with E-state index in [2.05, 4.69) is 5.32 Å². The first-order chi connectivity index (χ1) is 18.6. The van der Waals surface area contributed by atoms with Crippen LogP contribution in [0.3, 0.4) is 0 Å². The van der Waals surface area contributed by atoms with Crippen LogP contribution >= 0.6 is 0 Å². The van der Waals surface area contributed by atoms with Crippen LogP contribution < -0.4 is 24.4 Å². The Bertz CT molecular complexity index is 1470. The van der Waals surface area contributed by atoms with E-state index in [0.29, 0.717) is 34.1 Å². The van der Waals surface area contributed by atoms with Crippen molar-refractivity contribution in [3.05, 3.63) is 89.6 Å². The molecule has 1 saturated heterocycles. The molecule has 0 saturated carbocycles. The van der Waals surface area contributed by atoms with Gasteiger partial charge in [-0.15, -0.1) is 0 Å². The second-order valence-corrected chi connectivity index (χ2v) is 9.54. The molecule has 0 amide bonds. The molecule has 1 fully saturated rings. The van der Waals surface area contributed by atoms with Gasteiger partial charge in [0.25, 0.3) is 0 Å². The second-order valence-electron chi connectivity index (χ2n) is 9.54. The zero-order chi connectivity index (χ0) is 25.9. The number of esters is 2. The predicted octanol–water partition coefficient (Wildman–Crippen LogP) is 3.82. The number of hydrogen-bond donors (Lipinski definition) is 1. The summed E-state index contributed by atoms with van der Waals surface area (Å²) in [5, 5.41) is 3.64. The Balaban J connectivity index is 1.50. The van der Waals surface area contributed by atoms with Gasteiger partial charge in [0.1, 0.15) is 19.1 Å². The number of benzene rings is 3. The fourth-order valence-corrected chi connectivity index (χ4v) is 6.07. The molecule has 192 valence electrons. The van der Waals surface area contributed by atoms with Crippen LogP contribution in [0.2, 0.25) is 0 Å². The summed E-state index contributed by atoms with van der Waals surface area (Å²) in [6.07, 6.45) is 0. The van der Waals surface area contributed by atoms with Crippen molar-refractivity contribution in [2.45, 2.75) is 11.6 Å².